The van der Waals surface area contributed by atoms with Crippen LogP contribution in [-0.2, 0) is 0 Å². The molecule has 2 rings (SSSR count). The Bertz CT molecular complexity index is 614. The number of nitrogens with one attached hydrogen (secondary N) is 1. The smallest absolute Gasteiger partial charge is 0.103 e. The molecule has 4 heteroatoms. The molecule has 1 N–H and O–H groups in total. The number of benzene rings is 1. The van der Waals surface area contributed by atoms with Gasteiger partial charge in [0.2, 0.25) is 0 Å². The monoisotopic (exact) mass is 245 g/mol. The van der Waals surface area contributed by atoms with Gasteiger partial charge in [-0.15, -0.1) is 0 Å². The van der Waals surface area contributed by atoms with Crippen molar-refractivity contribution in [3.05, 3.63) is 34.5 Å². The largest absolute Gasteiger partial charge is 0.384 e. The molecular formula is C13H12ClN3. The zero-order chi connectivity index (χ0) is 12.4. The van der Waals surface area contributed by atoms with Gasteiger partial charge < -0.3 is 5.32 Å². The Hall–Kier alpha value is -1.79. The van der Waals surface area contributed by atoms with Gasteiger partial charge in [-0.05, 0) is 25.5 Å². The van der Waals surface area contributed by atoms with Crippen molar-refractivity contribution in [2.75, 3.05) is 11.9 Å². The van der Waals surface area contributed by atoms with Gasteiger partial charge in [0, 0.05) is 18.1 Å². The summed E-state index contributed by atoms with van der Waals surface area (Å²) in [6.45, 7) is 4.70. The number of aromatic nitrogens is 1. The fourth-order valence-electron chi connectivity index (χ4n) is 1.85. The molecule has 0 saturated carbocycles. The van der Waals surface area contributed by atoms with Crippen LogP contribution >= 0.6 is 11.6 Å². The summed E-state index contributed by atoms with van der Waals surface area (Å²) in [5.41, 5.74) is 3.18. The second-order valence-electron chi connectivity index (χ2n) is 3.78. The molecule has 1 heterocycles. The van der Waals surface area contributed by atoms with E-state index in [1.807, 2.05) is 26.0 Å². The van der Waals surface area contributed by atoms with E-state index < -0.39 is 0 Å². The Morgan fingerprint density at radius 1 is 1.47 bits per heavy atom. The number of hydrogen-bond acceptors (Lipinski definition) is 3. The standard InChI is InChI=1S/C13H12ClN3/c1-3-16-13-9(6-15)7-17-12-8(2)4-5-10(14)11(12)13/h4-5,7H,3H2,1-2H3,(H,16,17). The number of anilines is 1. The van der Waals surface area contributed by atoms with Crippen LogP contribution in [0.5, 0.6) is 0 Å². The van der Waals surface area contributed by atoms with Gasteiger partial charge >= 0.3 is 0 Å². The molecule has 0 aliphatic carbocycles. The molecule has 17 heavy (non-hydrogen) atoms. The lowest BCUT2D eigenvalue weighted by atomic mass is 10.1. The molecule has 0 aliphatic rings. The summed E-state index contributed by atoms with van der Waals surface area (Å²) in [6.07, 6.45) is 1.59. The third-order valence-electron chi connectivity index (χ3n) is 2.64. The van der Waals surface area contributed by atoms with E-state index in [0.717, 1.165) is 28.7 Å². The predicted molar refractivity (Wildman–Crippen MR) is 70.4 cm³/mol. The molecule has 0 amide bonds. The van der Waals surface area contributed by atoms with Crippen molar-refractivity contribution in [2.45, 2.75) is 13.8 Å². The van der Waals surface area contributed by atoms with Crippen molar-refractivity contribution in [2.24, 2.45) is 0 Å². The SMILES string of the molecule is CCNc1c(C#N)cnc2c(C)ccc(Cl)c12. The van der Waals surface area contributed by atoms with E-state index in [4.69, 9.17) is 16.9 Å². The van der Waals surface area contributed by atoms with Crippen molar-refractivity contribution in [3.63, 3.8) is 0 Å². The van der Waals surface area contributed by atoms with Crippen LogP contribution < -0.4 is 5.32 Å². The molecule has 0 spiro atoms. The summed E-state index contributed by atoms with van der Waals surface area (Å²) in [4.78, 5) is 4.31. The van der Waals surface area contributed by atoms with Crippen LogP contribution in [0.25, 0.3) is 10.9 Å². The Balaban J connectivity index is 2.89. The van der Waals surface area contributed by atoms with Crippen LogP contribution in [0.15, 0.2) is 18.3 Å². The average Bonchev–Trinajstić information content (AvgIpc) is 2.34. The number of halogens is 1. The first kappa shape index (κ1) is 11.7. The van der Waals surface area contributed by atoms with Gasteiger partial charge in [0.25, 0.3) is 0 Å². The van der Waals surface area contributed by atoms with E-state index in [-0.39, 0.29) is 0 Å². The summed E-state index contributed by atoms with van der Waals surface area (Å²) in [5, 5.41) is 13.7. The summed E-state index contributed by atoms with van der Waals surface area (Å²) in [5.74, 6) is 0. The van der Waals surface area contributed by atoms with Crippen LogP contribution in [-0.4, -0.2) is 11.5 Å². The molecule has 0 saturated heterocycles. The topological polar surface area (TPSA) is 48.7 Å². The lowest BCUT2D eigenvalue weighted by Gasteiger charge is -2.12. The van der Waals surface area contributed by atoms with E-state index in [2.05, 4.69) is 16.4 Å². The molecule has 0 radical (unpaired) electrons. The molecular weight excluding hydrogens is 234 g/mol. The molecule has 3 nitrogen and oxygen atoms in total. The molecule has 1 aromatic carbocycles. The van der Waals surface area contributed by atoms with Crippen LogP contribution in [0.4, 0.5) is 5.69 Å². The minimum Gasteiger partial charge on any atom is -0.384 e. The highest BCUT2D eigenvalue weighted by Gasteiger charge is 2.12. The molecule has 0 atom stereocenters. The fourth-order valence-corrected chi connectivity index (χ4v) is 2.10. The Kier molecular flexibility index (Phi) is 3.16. The minimum atomic E-state index is 0.520. The van der Waals surface area contributed by atoms with E-state index in [9.17, 15) is 0 Å². The lowest BCUT2D eigenvalue weighted by molar-refractivity contribution is 1.20. The third-order valence-corrected chi connectivity index (χ3v) is 2.96. The van der Waals surface area contributed by atoms with Crippen LogP contribution in [0.2, 0.25) is 5.02 Å². The molecule has 0 unspecified atom stereocenters. The van der Waals surface area contributed by atoms with Gasteiger partial charge in [0.05, 0.1) is 21.8 Å². The Morgan fingerprint density at radius 3 is 2.88 bits per heavy atom. The van der Waals surface area contributed by atoms with E-state index in [1.54, 1.807) is 6.20 Å². The molecule has 0 fully saturated rings. The summed E-state index contributed by atoms with van der Waals surface area (Å²) < 4.78 is 0. The molecule has 1 aromatic heterocycles. The maximum atomic E-state index is 9.09. The first-order chi connectivity index (χ1) is 8.19. The number of aryl methyl sites for hydroxylation is 1. The second-order valence-corrected chi connectivity index (χ2v) is 4.18. The first-order valence-corrected chi connectivity index (χ1v) is 5.78. The van der Waals surface area contributed by atoms with Crippen LogP contribution in [0.3, 0.4) is 0 Å². The number of pyridine rings is 1. The van der Waals surface area contributed by atoms with Crippen molar-refractivity contribution < 1.29 is 0 Å². The first-order valence-electron chi connectivity index (χ1n) is 5.40. The zero-order valence-electron chi connectivity index (χ0n) is 9.71. The van der Waals surface area contributed by atoms with E-state index >= 15 is 0 Å². The van der Waals surface area contributed by atoms with Gasteiger partial charge in [0.15, 0.2) is 0 Å². The molecule has 86 valence electrons. The van der Waals surface area contributed by atoms with E-state index in [0.29, 0.717) is 10.6 Å². The number of nitriles is 1. The summed E-state index contributed by atoms with van der Waals surface area (Å²) in [6, 6.07) is 5.90. The number of fused-ring (bicyclic) bond motifs is 1. The van der Waals surface area contributed by atoms with Crippen molar-refractivity contribution in [3.8, 4) is 6.07 Å². The van der Waals surface area contributed by atoms with Gasteiger partial charge in [-0.3, -0.25) is 4.98 Å². The quantitative estimate of drug-likeness (QED) is 0.881. The van der Waals surface area contributed by atoms with Crippen molar-refractivity contribution in [1.29, 1.82) is 5.26 Å². The summed E-state index contributed by atoms with van der Waals surface area (Å²) >= 11 is 6.21. The molecule has 0 aliphatic heterocycles. The fraction of sp³-hybridized carbons (Fsp3) is 0.231. The maximum Gasteiger partial charge on any atom is 0.103 e. The van der Waals surface area contributed by atoms with Gasteiger partial charge in [-0.25, -0.2) is 0 Å². The van der Waals surface area contributed by atoms with Crippen LogP contribution in [0.1, 0.15) is 18.1 Å². The summed E-state index contributed by atoms with van der Waals surface area (Å²) in [7, 11) is 0. The highest BCUT2D eigenvalue weighted by atomic mass is 35.5. The predicted octanol–water partition coefficient (Wildman–Crippen LogP) is 3.50. The molecule has 2 aromatic rings. The average molecular weight is 246 g/mol. The normalized spacial score (nSPS) is 10.2. The Labute approximate surface area is 105 Å². The van der Waals surface area contributed by atoms with E-state index in [1.165, 1.54) is 0 Å². The Morgan fingerprint density at radius 2 is 2.24 bits per heavy atom. The van der Waals surface area contributed by atoms with Crippen molar-refractivity contribution >= 4 is 28.2 Å². The van der Waals surface area contributed by atoms with Gasteiger partial charge in [-0.1, -0.05) is 17.7 Å². The minimum absolute atomic E-state index is 0.520. The van der Waals surface area contributed by atoms with Crippen LogP contribution in [0, 0.1) is 18.3 Å². The van der Waals surface area contributed by atoms with Gasteiger partial charge in [-0.2, -0.15) is 5.26 Å². The molecule has 0 bridgehead atoms. The van der Waals surface area contributed by atoms with Gasteiger partial charge in [0.1, 0.15) is 6.07 Å². The zero-order valence-corrected chi connectivity index (χ0v) is 10.5. The number of rotatable bonds is 2. The maximum absolute atomic E-state index is 9.09. The number of nitrogens with zero attached hydrogens (tertiary/aromatic N) is 2. The van der Waals surface area contributed by atoms with Crippen molar-refractivity contribution in [1.82, 2.24) is 4.98 Å². The highest BCUT2D eigenvalue weighted by Crippen LogP contribution is 2.33. The lowest BCUT2D eigenvalue weighted by Crippen LogP contribution is -2.02. The third kappa shape index (κ3) is 1.92. The number of hydrogen-bond donors (Lipinski definition) is 1. The highest BCUT2D eigenvalue weighted by molar-refractivity contribution is 6.36. The second kappa shape index (κ2) is 4.60.